The number of primary amides is 1. The molecule has 7 nitrogen and oxygen atoms in total. The van der Waals surface area contributed by atoms with Crippen molar-refractivity contribution in [3.63, 3.8) is 0 Å². The van der Waals surface area contributed by atoms with Crippen LogP contribution in [0.5, 0.6) is 0 Å². The average molecular weight is 341 g/mol. The first kappa shape index (κ1) is 14.6. The molecule has 0 saturated heterocycles. The van der Waals surface area contributed by atoms with E-state index in [1.165, 1.54) is 0 Å². The van der Waals surface area contributed by atoms with E-state index in [9.17, 15) is 4.79 Å². The second-order valence-electron chi connectivity index (χ2n) is 4.37. The molecular formula is C12H17BrN6O. The number of amides is 1. The van der Waals surface area contributed by atoms with Gasteiger partial charge in [-0.1, -0.05) is 6.92 Å². The van der Waals surface area contributed by atoms with Crippen molar-refractivity contribution < 1.29 is 4.79 Å². The lowest BCUT2D eigenvalue weighted by molar-refractivity contribution is 0.0995. The molecule has 2 heterocycles. The normalized spacial score (nSPS) is 10.9. The van der Waals surface area contributed by atoms with Crippen molar-refractivity contribution >= 4 is 27.5 Å². The van der Waals surface area contributed by atoms with Gasteiger partial charge in [-0.05, 0) is 29.3 Å². The van der Waals surface area contributed by atoms with E-state index in [1.807, 2.05) is 18.5 Å². The zero-order chi connectivity index (χ0) is 14.9. The van der Waals surface area contributed by atoms with Gasteiger partial charge in [-0.25, -0.2) is 0 Å². The number of carbonyl (C=O) groups excluding carboxylic acids is 1. The van der Waals surface area contributed by atoms with Crippen molar-refractivity contribution in [1.29, 1.82) is 0 Å². The van der Waals surface area contributed by atoms with Crippen molar-refractivity contribution in [2.24, 2.45) is 5.73 Å². The van der Waals surface area contributed by atoms with Gasteiger partial charge in [0.1, 0.15) is 0 Å². The number of hydrogen-bond donors (Lipinski definition) is 2. The Morgan fingerprint density at radius 2 is 2.10 bits per heavy atom. The second-order valence-corrected chi connectivity index (χ2v) is 5.16. The standard InChI is InChI=1S/C12H17BrN6O/c1-3-8-10(13)9(19(4-2)16-8)6-18-5-7(14)11(17-18)12(15)20/h5H,3-4,6,14H2,1-2H3,(H2,15,20). The maximum atomic E-state index is 11.2. The Balaban J connectivity index is 2.37. The molecule has 20 heavy (non-hydrogen) atoms. The number of rotatable bonds is 5. The Kier molecular flexibility index (Phi) is 4.12. The second kappa shape index (κ2) is 5.66. The fourth-order valence-corrected chi connectivity index (χ4v) is 2.72. The summed E-state index contributed by atoms with van der Waals surface area (Å²) < 4.78 is 4.48. The van der Waals surface area contributed by atoms with E-state index in [-0.39, 0.29) is 11.4 Å². The van der Waals surface area contributed by atoms with Gasteiger partial charge in [0.15, 0.2) is 5.69 Å². The smallest absolute Gasteiger partial charge is 0.271 e. The zero-order valence-electron chi connectivity index (χ0n) is 11.4. The molecule has 0 spiro atoms. The molecule has 8 heteroatoms. The minimum atomic E-state index is -0.626. The molecule has 4 N–H and O–H groups in total. The highest BCUT2D eigenvalue weighted by molar-refractivity contribution is 9.10. The molecular weight excluding hydrogens is 324 g/mol. The van der Waals surface area contributed by atoms with E-state index in [2.05, 4.69) is 26.1 Å². The van der Waals surface area contributed by atoms with Crippen LogP contribution in [0.2, 0.25) is 0 Å². The molecule has 0 saturated carbocycles. The monoisotopic (exact) mass is 340 g/mol. The third-order valence-electron chi connectivity index (χ3n) is 3.03. The summed E-state index contributed by atoms with van der Waals surface area (Å²) in [5.74, 6) is -0.626. The Morgan fingerprint density at radius 3 is 2.60 bits per heavy atom. The number of nitrogens with two attached hydrogens (primary N) is 2. The highest BCUT2D eigenvalue weighted by Gasteiger charge is 2.17. The molecule has 0 unspecified atom stereocenters. The fraction of sp³-hybridized carbons (Fsp3) is 0.417. The summed E-state index contributed by atoms with van der Waals surface area (Å²) in [7, 11) is 0. The molecule has 2 rings (SSSR count). The maximum Gasteiger partial charge on any atom is 0.271 e. The highest BCUT2D eigenvalue weighted by Crippen LogP contribution is 2.23. The Bertz CT molecular complexity index is 645. The summed E-state index contributed by atoms with van der Waals surface area (Å²) in [5.41, 5.74) is 13.3. The lowest BCUT2D eigenvalue weighted by atomic mass is 10.3. The molecule has 0 aliphatic rings. The number of carbonyl (C=O) groups is 1. The molecule has 0 aromatic carbocycles. The molecule has 0 bridgehead atoms. The molecule has 2 aromatic heterocycles. The van der Waals surface area contributed by atoms with Crippen molar-refractivity contribution in [2.75, 3.05) is 5.73 Å². The number of aromatic nitrogens is 4. The fourth-order valence-electron chi connectivity index (χ4n) is 2.03. The zero-order valence-corrected chi connectivity index (χ0v) is 13.0. The van der Waals surface area contributed by atoms with Gasteiger partial charge in [-0.3, -0.25) is 14.2 Å². The minimum Gasteiger partial charge on any atom is -0.396 e. The third kappa shape index (κ3) is 2.55. The molecule has 2 aromatic rings. The van der Waals surface area contributed by atoms with Crippen LogP contribution in [0, 0.1) is 0 Å². The quantitative estimate of drug-likeness (QED) is 0.851. The number of halogens is 1. The summed E-state index contributed by atoms with van der Waals surface area (Å²) in [6.07, 6.45) is 2.44. The number of anilines is 1. The first-order chi connectivity index (χ1) is 9.47. The van der Waals surface area contributed by atoms with E-state index >= 15 is 0 Å². The number of hydrogen-bond acceptors (Lipinski definition) is 4. The Morgan fingerprint density at radius 1 is 1.40 bits per heavy atom. The van der Waals surface area contributed by atoms with E-state index in [1.54, 1.807) is 10.9 Å². The lowest BCUT2D eigenvalue weighted by Gasteiger charge is -2.05. The van der Waals surface area contributed by atoms with Crippen LogP contribution < -0.4 is 11.5 Å². The predicted octanol–water partition coefficient (Wildman–Crippen LogP) is 1.15. The minimum absolute atomic E-state index is 0.0967. The van der Waals surface area contributed by atoms with Gasteiger partial charge in [-0.15, -0.1) is 0 Å². The number of nitrogens with zero attached hydrogens (tertiary/aromatic N) is 4. The van der Waals surface area contributed by atoms with Crippen LogP contribution >= 0.6 is 15.9 Å². The van der Waals surface area contributed by atoms with Gasteiger partial charge in [0.05, 0.1) is 28.1 Å². The lowest BCUT2D eigenvalue weighted by Crippen LogP contribution is -2.15. The van der Waals surface area contributed by atoms with E-state index in [0.29, 0.717) is 6.54 Å². The van der Waals surface area contributed by atoms with Crippen LogP contribution in [-0.4, -0.2) is 25.5 Å². The van der Waals surface area contributed by atoms with Crippen LogP contribution in [-0.2, 0) is 19.5 Å². The van der Waals surface area contributed by atoms with E-state index in [4.69, 9.17) is 11.5 Å². The molecule has 1 amide bonds. The van der Waals surface area contributed by atoms with Crippen molar-refractivity contribution in [3.05, 3.63) is 27.8 Å². The van der Waals surface area contributed by atoms with Crippen LogP contribution in [0.15, 0.2) is 10.7 Å². The van der Waals surface area contributed by atoms with Crippen LogP contribution in [0.4, 0.5) is 5.69 Å². The van der Waals surface area contributed by atoms with Crippen molar-refractivity contribution in [2.45, 2.75) is 33.4 Å². The SMILES string of the molecule is CCc1nn(CC)c(Cn2cc(N)c(C(N)=O)n2)c1Br. The highest BCUT2D eigenvalue weighted by atomic mass is 79.9. The van der Waals surface area contributed by atoms with Gasteiger partial charge in [0.2, 0.25) is 0 Å². The Hall–Kier alpha value is -1.83. The van der Waals surface area contributed by atoms with Gasteiger partial charge in [-0.2, -0.15) is 10.2 Å². The first-order valence-corrected chi connectivity index (χ1v) is 7.13. The first-order valence-electron chi connectivity index (χ1n) is 6.34. The van der Waals surface area contributed by atoms with E-state index in [0.717, 1.165) is 28.8 Å². The van der Waals surface area contributed by atoms with Crippen LogP contribution in [0.25, 0.3) is 0 Å². The summed E-state index contributed by atoms with van der Waals surface area (Å²) in [5, 5.41) is 8.62. The molecule has 0 radical (unpaired) electrons. The molecule has 108 valence electrons. The maximum absolute atomic E-state index is 11.2. The van der Waals surface area contributed by atoms with Crippen molar-refractivity contribution in [3.8, 4) is 0 Å². The molecule has 0 aliphatic heterocycles. The predicted molar refractivity (Wildman–Crippen MR) is 79.2 cm³/mol. The largest absolute Gasteiger partial charge is 0.396 e. The van der Waals surface area contributed by atoms with Crippen molar-refractivity contribution in [1.82, 2.24) is 19.6 Å². The van der Waals surface area contributed by atoms with Gasteiger partial charge < -0.3 is 11.5 Å². The number of aryl methyl sites for hydroxylation is 2. The average Bonchev–Trinajstić information content (AvgIpc) is 2.92. The van der Waals surface area contributed by atoms with Gasteiger partial charge in [0, 0.05) is 12.7 Å². The van der Waals surface area contributed by atoms with E-state index < -0.39 is 5.91 Å². The summed E-state index contributed by atoms with van der Waals surface area (Å²) >= 11 is 3.57. The third-order valence-corrected chi connectivity index (χ3v) is 3.94. The van der Waals surface area contributed by atoms with Gasteiger partial charge >= 0.3 is 0 Å². The Labute approximate surface area is 125 Å². The molecule has 0 atom stereocenters. The summed E-state index contributed by atoms with van der Waals surface area (Å²) in [4.78, 5) is 11.2. The molecule has 0 fully saturated rings. The van der Waals surface area contributed by atoms with Gasteiger partial charge in [0.25, 0.3) is 5.91 Å². The molecule has 0 aliphatic carbocycles. The summed E-state index contributed by atoms with van der Waals surface area (Å²) in [6.45, 7) is 5.30. The van der Waals surface area contributed by atoms with Crippen LogP contribution in [0.1, 0.15) is 35.7 Å². The van der Waals surface area contributed by atoms with Crippen LogP contribution in [0.3, 0.4) is 0 Å². The number of nitrogen functional groups attached to an aromatic ring is 1. The summed E-state index contributed by atoms with van der Waals surface area (Å²) in [6, 6.07) is 0. The topological polar surface area (TPSA) is 105 Å².